The topological polar surface area (TPSA) is 96.9 Å². The molecule has 1 aromatic heterocycles. The van der Waals surface area contributed by atoms with Crippen LogP contribution in [0.2, 0.25) is 0 Å². The van der Waals surface area contributed by atoms with Crippen LogP contribution in [-0.4, -0.2) is 16.9 Å². The van der Waals surface area contributed by atoms with E-state index in [0.717, 1.165) is 16.5 Å². The van der Waals surface area contributed by atoms with Gasteiger partial charge in [-0.15, -0.1) is 0 Å². The third-order valence-corrected chi connectivity index (χ3v) is 2.59. The molecule has 0 fully saturated rings. The van der Waals surface area contributed by atoms with Crippen molar-refractivity contribution in [1.29, 1.82) is 0 Å². The van der Waals surface area contributed by atoms with Crippen LogP contribution in [0.4, 0.5) is 0 Å². The molecule has 1 heterocycles. The van der Waals surface area contributed by atoms with E-state index in [4.69, 9.17) is 11.6 Å². The van der Waals surface area contributed by atoms with E-state index in [2.05, 4.69) is 10.4 Å². The van der Waals surface area contributed by atoms with Crippen LogP contribution in [0.3, 0.4) is 0 Å². The predicted molar refractivity (Wildman–Crippen MR) is 62.3 cm³/mol. The average molecular weight is 218 g/mol. The fourth-order valence-electron chi connectivity index (χ4n) is 1.74. The first kappa shape index (κ1) is 10.7. The van der Waals surface area contributed by atoms with Gasteiger partial charge in [0.1, 0.15) is 0 Å². The van der Waals surface area contributed by atoms with Crippen molar-refractivity contribution in [3.8, 4) is 0 Å². The van der Waals surface area contributed by atoms with Crippen molar-refractivity contribution < 1.29 is 4.79 Å². The molecule has 84 valence electrons. The first-order valence-electron chi connectivity index (χ1n) is 5.03. The van der Waals surface area contributed by atoms with Crippen LogP contribution in [0.15, 0.2) is 30.5 Å². The lowest BCUT2D eigenvalue weighted by Crippen LogP contribution is -2.45. The number of carbonyl (C=O) groups excluding carboxylic acids is 1. The molecule has 2 aromatic rings. The summed E-state index contributed by atoms with van der Waals surface area (Å²) in [6.07, 6.45) is 2.33. The Morgan fingerprint density at radius 2 is 2.19 bits per heavy atom. The number of aromatic amines is 1. The second-order valence-electron chi connectivity index (χ2n) is 3.68. The summed E-state index contributed by atoms with van der Waals surface area (Å²) in [6.45, 7) is 0. The summed E-state index contributed by atoms with van der Waals surface area (Å²) in [4.78, 5) is 14.3. The molecule has 0 radical (unpaired) electrons. The number of hydrogen-bond acceptors (Lipinski definition) is 3. The van der Waals surface area contributed by atoms with Crippen LogP contribution < -0.4 is 17.0 Å². The Bertz CT molecular complexity index is 505. The molecule has 1 aromatic carbocycles. The number of hydrazine groups is 1. The zero-order chi connectivity index (χ0) is 11.5. The number of nitrogens with two attached hydrogens (primary N) is 2. The van der Waals surface area contributed by atoms with Crippen LogP contribution in [0, 0.1) is 0 Å². The first-order chi connectivity index (χ1) is 7.72. The number of para-hydroxylation sites is 1. The van der Waals surface area contributed by atoms with Crippen molar-refractivity contribution in [2.75, 3.05) is 0 Å². The van der Waals surface area contributed by atoms with Crippen LogP contribution in [0.1, 0.15) is 5.56 Å². The van der Waals surface area contributed by atoms with Crippen LogP contribution >= 0.6 is 0 Å². The lowest BCUT2D eigenvalue weighted by atomic mass is 10.1. The highest BCUT2D eigenvalue weighted by atomic mass is 16.2. The molecule has 0 saturated heterocycles. The Kier molecular flexibility index (Phi) is 2.89. The molecule has 0 bridgehead atoms. The highest BCUT2D eigenvalue weighted by molar-refractivity contribution is 5.85. The van der Waals surface area contributed by atoms with Crippen molar-refractivity contribution in [1.82, 2.24) is 10.4 Å². The molecule has 1 amide bonds. The molecule has 5 heteroatoms. The van der Waals surface area contributed by atoms with E-state index in [1.807, 2.05) is 30.5 Å². The summed E-state index contributed by atoms with van der Waals surface area (Å²) < 4.78 is 0. The van der Waals surface area contributed by atoms with Crippen molar-refractivity contribution in [3.05, 3.63) is 36.0 Å². The Balaban J connectivity index is 2.24. The van der Waals surface area contributed by atoms with Crippen LogP contribution in [-0.2, 0) is 11.2 Å². The van der Waals surface area contributed by atoms with E-state index in [-0.39, 0.29) is 5.91 Å². The minimum absolute atomic E-state index is 0.356. The van der Waals surface area contributed by atoms with E-state index >= 15 is 0 Å². The Morgan fingerprint density at radius 1 is 1.44 bits per heavy atom. The van der Waals surface area contributed by atoms with Gasteiger partial charge in [-0.1, -0.05) is 18.2 Å². The van der Waals surface area contributed by atoms with Gasteiger partial charge in [0.05, 0.1) is 6.04 Å². The van der Waals surface area contributed by atoms with E-state index in [1.54, 1.807) is 0 Å². The smallest absolute Gasteiger partial charge is 0.251 e. The molecule has 6 N–H and O–H groups in total. The minimum atomic E-state index is -0.621. The molecule has 0 aliphatic rings. The van der Waals surface area contributed by atoms with E-state index in [9.17, 15) is 4.79 Å². The van der Waals surface area contributed by atoms with Gasteiger partial charge in [0.25, 0.3) is 5.91 Å². The van der Waals surface area contributed by atoms with Gasteiger partial charge in [0.2, 0.25) is 0 Å². The summed E-state index contributed by atoms with van der Waals surface area (Å²) in [7, 11) is 0. The molecular weight excluding hydrogens is 204 g/mol. The summed E-state index contributed by atoms with van der Waals surface area (Å²) >= 11 is 0. The van der Waals surface area contributed by atoms with E-state index in [0.29, 0.717) is 6.42 Å². The Labute approximate surface area is 92.8 Å². The molecule has 0 aliphatic heterocycles. The number of rotatable bonds is 3. The summed E-state index contributed by atoms with van der Waals surface area (Å²) in [5.74, 6) is 4.67. The lowest BCUT2D eigenvalue weighted by Gasteiger charge is -2.08. The predicted octanol–water partition coefficient (Wildman–Crippen LogP) is 0.0276. The maximum atomic E-state index is 11.2. The minimum Gasteiger partial charge on any atom is -0.361 e. The number of benzene rings is 1. The summed E-state index contributed by atoms with van der Waals surface area (Å²) in [5, 5.41) is 1.09. The largest absolute Gasteiger partial charge is 0.361 e. The Morgan fingerprint density at radius 3 is 2.94 bits per heavy atom. The number of amides is 1. The number of fused-ring (bicyclic) bond motifs is 1. The maximum absolute atomic E-state index is 11.2. The molecule has 1 atom stereocenters. The molecule has 0 unspecified atom stereocenters. The van der Waals surface area contributed by atoms with Gasteiger partial charge in [-0.2, -0.15) is 0 Å². The monoisotopic (exact) mass is 218 g/mol. The van der Waals surface area contributed by atoms with Gasteiger partial charge in [0, 0.05) is 17.1 Å². The van der Waals surface area contributed by atoms with Crippen LogP contribution in [0.25, 0.3) is 10.9 Å². The number of carbonyl (C=O) groups is 1. The van der Waals surface area contributed by atoms with Gasteiger partial charge >= 0.3 is 0 Å². The number of nitrogens with one attached hydrogen (secondary N) is 2. The van der Waals surface area contributed by atoms with E-state index in [1.165, 1.54) is 0 Å². The van der Waals surface area contributed by atoms with Crippen molar-refractivity contribution in [2.24, 2.45) is 11.6 Å². The third-order valence-electron chi connectivity index (χ3n) is 2.59. The fraction of sp³-hybridized carbons (Fsp3) is 0.182. The molecule has 5 nitrogen and oxygen atoms in total. The zero-order valence-electron chi connectivity index (χ0n) is 8.73. The normalized spacial score (nSPS) is 12.6. The van der Waals surface area contributed by atoms with Gasteiger partial charge in [-0.25, -0.2) is 5.84 Å². The van der Waals surface area contributed by atoms with Gasteiger partial charge in [0.15, 0.2) is 0 Å². The van der Waals surface area contributed by atoms with Gasteiger partial charge in [-0.05, 0) is 18.1 Å². The summed E-state index contributed by atoms with van der Waals surface area (Å²) in [5.41, 5.74) is 9.81. The number of H-pyrrole nitrogens is 1. The molecular formula is C11H14N4O. The quantitative estimate of drug-likeness (QED) is 0.332. The number of aromatic nitrogens is 1. The second-order valence-corrected chi connectivity index (χ2v) is 3.68. The lowest BCUT2D eigenvalue weighted by molar-refractivity contribution is -0.122. The molecule has 0 aliphatic carbocycles. The van der Waals surface area contributed by atoms with Crippen molar-refractivity contribution in [3.63, 3.8) is 0 Å². The highest BCUT2D eigenvalue weighted by Gasteiger charge is 2.14. The standard InChI is InChI=1S/C11H14N4O/c12-9(11(16)15-13)5-7-6-14-10-4-2-1-3-8(7)10/h1-4,6,9,14H,5,12-13H2,(H,15,16)/t9-/m1/s1. The van der Waals surface area contributed by atoms with Crippen molar-refractivity contribution >= 4 is 16.8 Å². The Hall–Kier alpha value is -1.85. The zero-order valence-corrected chi connectivity index (χ0v) is 8.73. The average Bonchev–Trinajstić information content (AvgIpc) is 2.72. The van der Waals surface area contributed by atoms with Gasteiger partial charge in [-0.3, -0.25) is 10.2 Å². The molecule has 16 heavy (non-hydrogen) atoms. The molecule has 0 spiro atoms. The highest BCUT2D eigenvalue weighted by Crippen LogP contribution is 2.18. The second kappa shape index (κ2) is 4.34. The van der Waals surface area contributed by atoms with Crippen LogP contribution in [0.5, 0.6) is 0 Å². The fourth-order valence-corrected chi connectivity index (χ4v) is 1.74. The molecule has 0 saturated carbocycles. The van der Waals surface area contributed by atoms with Crippen molar-refractivity contribution in [2.45, 2.75) is 12.5 Å². The molecule has 2 rings (SSSR count). The SMILES string of the molecule is NNC(=O)[C@H](N)Cc1c[nH]c2ccccc12. The first-order valence-corrected chi connectivity index (χ1v) is 5.03. The summed E-state index contributed by atoms with van der Waals surface area (Å²) in [6, 6.07) is 7.26. The van der Waals surface area contributed by atoms with E-state index < -0.39 is 6.04 Å². The van der Waals surface area contributed by atoms with Gasteiger partial charge < -0.3 is 10.7 Å². The third kappa shape index (κ3) is 1.91. The number of hydrogen-bond donors (Lipinski definition) is 4. The maximum Gasteiger partial charge on any atom is 0.251 e.